The minimum atomic E-state index is -5.34. The fraction of sp³-hybridized carbons (Fsp3) is 0.352. The first-order valence-corrected chi connectivity index (χ1v) is 46.8. The summed E-state index contributed by atoms with van der Waals surface area (Å²) in [7, 11) is -15.9. The average molecular weight is 1970 g/mol. The fourth-order valence-electron chi connectivity index (χ4n) is 17.2. The van der Waals surface area contributed by atoms with Crippen LogP contribution in [-0.4, -0.2) is 154 Å². The third-order valence-electron chi connectivity index (χ3n) is 25.2. The van der Waals surface area contributed by atoms with E-state index in [4.69, 9.17) is 4.74 Å². The maximum atomic E-state index is 15.3. The van der Waals surface area contributed by atoms with Crippen molar-refractivity contribution in [3.8, 4) is 11.5 Å². The van der Waals surface area contributed by atoms with Crippen molar-refractivity contribution in [2.75, 3.05) is 47.5 Å². The molecule has 45 heteroatoms. The quantitative estimate of drug-likeness (QED) is 0.0262. The number of ether oxygens (including phenoxy) is 1. The van der Waals surface area contributed by atoms with Crippen molar-refractivity contribution < 1.29 is 165 Å². The zero-order chi connectivity index (χ0) is 97.6. The number of aromatic amines is 1. The van der Waals surface area contributed by atoms with Crippen LogP contribution in [0.2, 0.25) is 0 Å². The van der Waals surface area contributed by atoms with Crippen LogP contribution in [0.5, 0.6) is 11.5 Å². The summed E-state index contributed by atoms with van der Waals surface area (Å²) < 4.78 is 291. The van der Waals surface area contributed by atoms with Crippen molar-refractivity contribution in [3.05, 3.63) is 263 Å². The maximum Gasteiger partial charge on any atom is 1.00 e. The molecule has 3 atom stereocenters. The predicted octanol–water partition coefficient (Wildman–Crippen LogP) is 11.4. The van der Waals surface area contributed by atoms with Crippen LogP contribution in [0.15, 0.2) is 129 Å². The molecular weight excluding hydrogens is 1890 g/mol. The fourth-order valence-corrected chi connectivity index (χ4v) is 22.4. The molecule has 0 unspecified atom stereocenters. The number of halogens is 14. The minimum Gasteiger partial charge on any atom is -0.545 e. The second-order valence-corrected chi connectivity index (χ2v) is 38.8. The molecule has 4 N–H and O–H groups in total. The van der Waals surface area contributed by atoms with Crippen LogP contribution >= 0.6 is 0 Å². The van der Waals surface area contributed by atoms with Gasteiger partial charge < -0.3 is 49.6 Å². The summed E-state index contributed by atoms with van der Waals surface area (Å²) in [6.07, 6.45) is 16.3. The number of carboxylic acids is 2. The van der Waals surface area contributed by atoms with Crippen LogP contribution < -0.4 is 54.9 Å². The molecule has 6 aliphatic rings. The molecule has 0 radical (unpaired) electrons. The van der Waals surface area contributed by atoms with Gasteiger partial charge in [-0.1, -0.05) is 87.1 Å². The topological polar surface area (TPSA) is 372 Å². The van der Waals surface area contributed by atoms with Crippen molar-refractivity contribution in [1.82, 2.24) is 32.9 Å². The van der Waals surface area contributed by atoms with Gasteiger partial charge in [-0.05, 0) is 143 Å². The largest absolute Gasteiger partial charge is 1.00 e. The molecule has 4 saturated heterocycles. The van der Waals surface area contributed by atoms with Gasteiger partial charge in [0.25, 0.3) is 5.56 Å². The Hall–Kier alpha value is -11.4. The minimum absolute atomic E-state index is 0. The van der Waals surface area contributed by atoms with Crippen LogP contribution in [0.25, 0.3) is 10.9 Å². The van der Waals surface area contributed by atoms with E-state index < -0.39 is 250 Å². The number of rotatable bonds is 23. The van der Waals surface area contributed by atoms with Gasteiger partial charge in [-0.25, -0.2) is 96.5 Å². The van der Waals surface area contributed by atoms with Gasteiger partial charge in [-0.3, -0.25) is 29.1 Å². The number of aromatic nitrogens is 4. The first-order valence-electron chi connectivity index (χ1n) is 42.5. The van der Waals surface area contributed by atoms with Gasteiger partial charge in [0, 0.05) is 85.0 Å². The van der Waals surface area contributed by atoms with Crippen LogP contribution in [0, 0.1) is 102 Å². The molecule has 3 amide bonds. The van der Waals surface area contributed by atoms with Crippen molar-refractivity contribution in [2.45, 2.75) is 187 Å². The second-order valence-electron chi connectivity index (χ2n) is 33.3. The molecule has 4 aliphatic heterocycles. The molecule has 16 rings (SSSR count). The van der Waals surface area contributed by atoms with Crippen LogP contribution in [0.3, 0.4) is 0 Å². The Kier molecular flexibility index (Phi) is 31.2. The first-order chi connectivity index (χ1) is 64.0. The van der Waals surface area contributed by atoms with Crippen LogP contribution in [0.4, 0.5) is 78.5 Å². The summed E-state index contributed by atoms with van der Waals surface area (Å²) in [5.41, 5.74) is -1.84. The van der Waals surface area contributed by atoms with Gasteiger partial charge in [0.1, 0.15) is 46.8 Å². The number of hydrogen-bond donors (Lipinski definition) is 4. The summed E-state index contributed by atoms with van der Waals surface area (Å²) in [5.74, 6) is -34.2. The van der Waals surface area contributed by atoms with E-state index in [0.29, 0.717) is 73.1 Å². The molecule has 716 valence electrons. The number of carboxylic acid groups (broad SMARTS) is 2. The van der Waals surface area contributed by atoms with E-state index in [-0.39, 0.29) is 96.9 Å². The number of aromatic carboxylic acids is 2. The molecule has 2 saturated carbocycles. The van der Waals surface area contributed by atoms with E-state index in [1.165, 1.54) is 42.0 Å². The number of phenols is 2. The number of benzene rings is 8. The van der Waals surface area contributed by atoms with Crippen LogP contribution in [0.1, 0.15) is 185 Å². The van der Waals surface area contributed by atoms with Crippen LogP contribution in [-0.2, 0) is 68.8 Å². The van der Waals surface area contributed by atoms with Gasteiger partial charge >= 0.3 is 35.5 Å². The Balaban J connectivity index is 0.000000172. The van der Waals surface area contributed by atoms with E-state index in [1.54, 1.807) is 30.5 Å². The number of hydrogen-bond acceptors (Lipinski definition) is 19. The smallest absolute Gasteiger partial charge is 0.545 e. The van der Waals surface area contributed by atoms with Gasteiger partial charge in [-0.15, -0.1) is 0 Å². The number of nitrogens with zero attached hydrogens (tertiary/aromatic N) is 9. The van der Waals surface area contributed by atoms with E-state index in [9.17, 15) is 127 Å². The molecule has 6 fully saturated rings. The van der Waals surface area contributed by atoms with E-state index in [0.717, 1.165) is 118 Å². The Bertz CT molecular complexity index is 6460. The first kappa shape index (κ1) is 102. The molecular formula is C91H83F14N10NaO17S3. The number of fused-ring (bicyclic) bond motifs is 1. The predicted molar refractivity (Wildman–Crippen MR) is 453 cm³/mol. The summed E-state index contributed by atoms with van der Waals surface area (Å²) in [6.45, 7) is 1.21. The summed E-state index contributed by atoms with van der Waals surface area (Å²) in [4.78, 5) is 89.6. The van der Waals surface area contributed by atoms with Gasteiger partial charge in [0.15, 0.2) is 84.5 Å². The second kappa shape index (κ2) is 41.5. The Morgan fingerprint density at radius 3 is 1.19 bits per heavy atom. The summed E-state index contributed by atoms with van der Waals surface area (Å²) >= 11 is 0. The maximum absolute atomic E-state index is 15.3. The van der Waals surface area contributed by atoms with Crippen molar-refractivity contribution >= 4 is 87.7 Å². The average Bonchev–Trinajstić information content (AvgIpc) is 0.743. The number of carbonyl (C=O) groups is 5. The van der Waals surface area contributed by atoms with Crippen molar-refractivity contribution in [1.29, 1.82) is 0 Å². The zero-order valence-electron chi connectivity index (χ0n) is 72.7. The third-order valence-corrected chi connectivity index (χ3v) is 31.0. The monoisotopic (exact) mass is 1970 g/mol. The van der Waals surface area contributed by atoms with Crippen molar-refractivity contribution in [3.63, 3.8) is 0 Å². The molecule has 10 aromatic rings. The Morgan fingerprint density at radius 1 is 0.449 bits per heavy atom. The van der Waals surface area contributed by atoms with Gasteiger partial charge in [0.2, 0.25) is 47.8 Å². The van der Waals surface area contributed by atoms with E-state index >= 15 is 8.78 Å². The molecule has 6 heterocycles. The van der Waals surface area contributed by atoms with E-state index in [2.05, 4.69) is 19.9 Å². The molecule has 0 bridgehead atoms. The molecule has 136 heavy (non-hydrogen) atoms. The molecule has 2 aromatic heterocycles. The van der Waals surface area contributed by atoms with Crippen molar-refractivity contribution in [2.24, 2.45) is 0 Å². The number of H-pyrrole nitrogens is 1. The standard InChI is InChI=1S/C31H29F5N2O6S.C30H27F5N2O7S.C30H28F4N6O4S.Na/c1-16-25(33)27(35)29(28(36)26(16)34)45(43,44)38-12-11-22(38)30(40)37(23-14-24(39)20(31(41)42)13-21(23)32)15-17-7-9-19(10-8-17)18-5-3-2-4-6-18;1-15-24(32)26(34)28(27(35)25(15)33)45(42,43)37-9-6-21(37)29(39)36(22-13-23(38)19(30(40)41)12-20(22)31)14-16-2-4-17(5-3-16)18-7-10-44-11-8-18;1-16-24(31)26(33)28(27(34)25(16)32)45(43,44)40-10-9-23(40)30(42)39(19-7-8-20-21(11-19)37-15-38-29(20)41)14-18-12-36-22(13-35-18)17-5-3-2-4-6-17;/h7-10,13-14,18,22,39H,2-6,11-12,15H2,1H3,(H,41,42);2-5,12-13,18,21,38H,6-11,14H2,1H3,(H,40,41);7-8,11-13,15,17,23H,2-6,9-10,14H2,1H3,(H,37,38,41);/q;;;+1/p-1/t22-;21-;23-;/m111./s1. The molecule has 27 nitrogen and oxygen atoms in total. The normalized spacial score (nSPS) is 17.5. The molecule has 8 aromatic carbocycles. The Labute approximate surface area is 790 Å². The third kappa shape index (κ3) is 20.1. The van der Waals surface area contributed by atoms with Gasteiger partial charge in [0.05, 0.1) is 71.8 Å². The number of anilines is 3. The number of nitrogens with one attached hydrogen (secondary N) is 1. The number of carbonyl (C=O) groups excluding carboxylic acids is 4. The zero-order valence-corrected chi connectivity index (χ0v) is 77.2. The SMILES string of the molecule is Cc1c(F)c(F)c(S(=O)(=O)N2CC[C@@H]2C(=O)N(Cc2ccc(C3CCCCC3)cc2)c2cc(O)c(C(=O)[O-])cc2F)c(F)c1F.Cc1c(F)c(F)c(S(=O)(=O)N2CC[C@@H]2C(=O)N(Cc2ccc(C3CCOCC3)cc2)c2cc(O)c(C(=O)O)cc2F)c(F)c1F.Cc1c(F)c(F)c(S(=O)(=O)N2CC[C@@H]2C(=O)N(Cc2cnc(C3CCCCC3)cn2)c2ccc3c(=O)[nH]cnc3c2)c(F)c1F.[Na+]. The molecule has 2 aliphatic carbocycles. The van der Waals surface area contributed by atoms with E-state index in [1.807, 2.05) is 24.3 Å². The summed E-state index contributed by atoms with van der Waals surface area (Å²) in [5, 5.41) is 41.4. The Morgan fingerprint density at radius 2 is 0.824 bits per heavy atom. The number of aromatic hydroxyl groups is 2. The summed E-state index contributed by atoms with van der Waals surface area (Å²) in [6, 6.07) is 15.8. The number of amides is 3. The number of sulfonamides is 3. The molecule has 0 spiro atoms. The van der Waals surface area contributed by atoms with Gasteiger partial charge in [-0.2, -0.15) is 12.9 Å².